The van der Waals surface area contributed by atoms with Gasteiger partial charge in [-0.2, -0.15) is 0 Å². The fourth-order valence-corrected chi connectivity index (χ4v) is 4.35. The number of carbonyl (C=O) groups is 2. The number of carbonyl (C=O) groups excluding carboxylic acids is 1. The molecule has 0 aliphatic rings. The highest BCUT2D eigenvalue weighted by Crippen LogP contribution is 2.27. The number of aliphatic carboxylic acids is 1. The normalized spacial score (nSPS) is 11.8. The van der Waals surface area contributed by atoms with Crippen molar-refractivity contribution in [1.82, 2.24) is 14.9 Å². The molecule has 1 atom stereocenters. The number of anilines is 1. The number of halogens is 2. The van der Waals surface area contributed by atoms with Crippen LogP contribution in [0.3, 0.4) is 0 Å². The van der Waals surface area contributed by atoms with Crippen molar-refractivity contribution in [3.05, 3.63) is 85.8 Å². The molecule has 11 heteroatoms. The SMILES string of the molecule is CNc1cc2ncn(-c3ccc(C(=O)NC(C(=O)O)c4ccc(Cl)s4)cc3)c(=O)c2cc1F. The highest BCUT2D eigenvalue weighted by atomic mass is 35.5. The van der Waals surface area contributed by atoms with Crippen LogP contribution in [0.1, 0.15) is 21.3 Å². The third-order valence-electron chi connectivity index (χ3n) is 4.92. The Balaban J connectivity index is 1.61. The summed E-state index contributed by atoms with van der Waals surface area (Å²) in [6, 6.07) is 10.3. The molecule has 3 N–H and O–H groups in total. The molecule has 1 unspecified atom stereocenters. The van der Waals surface area contributed by atoms with Gasteiger partial charge < -0.3 is 15.7 Å². The second-order valence-corrected chi connectivity index (χ2v) is 8.70. The minimum atomic E-state index is -1.25. The third kappa shape index (κ3) is 4.43. The topological polar surface area (TPSA) is 113 Å². The van der Waals surface area contributed by atoms with E-state index >= 15 is 0 Å². The predicted molar refractivity (Wildman–Crippen MR) is 124 cm³/mol. The summed E-state index contributed by atoms with van der Waals surface area (Å²) in [5.74, 6) is -2.40. The van der Waals surface area contributed by atoms with Crippen molar-refractivity contribution in [2.75, 3.05) is 12.4 Å². The van der Waals surface area contributed by atoms with Crippen LogP contribution in [-0.2, 0) is 4.79 Å². The van der Waals surface area contributed by atoms with Gasteiger partial charge in [-0.05, 0) is 48.5 Å². The minimum absolute atomic E-state index is 0.106. The van der Waals surface area contributed by atoms with Crippen LogP contribution in [0, 0.1) is 5.82 Å². The van der Waals surface area contributed by atoms with E-state index in [0.29, 0.717) is 20.4 Å². The smallest absolute Gasteiger partial charge is 0.331 e. The molecular formula is C22H16ClFN4O4S. The summed E-state index contributed by atoms with van der Waals surface area (Å²) in [5, 5.41) is 14.7. The van der Waals surface area contributed by atoms with E-state index in [9.17, 15) is 23.9 Å². The van der Waals surface area contributed by atoms with Gasteiger partial charge in [0.2, 0.25) is 0 Å². The quantitative estimate of drug-likeness (QED) is 0.381. The van der Waals surface area contributed by atoms with Crippen LogP contribution >= 0.6 is 22.9 Å². The van der Waals surface area contributed by atoms with Gasteiger partial charge in [0, 0.05) is 17.5 Å². The van der Waals surface area contributed by atoms with E-state index in [1.807, 2.05) is 0 Å². The second-order valence-electron chi connectivity index (χ2n) is 6.95. The van der Waals surface area contributed by atoms with Crippen LogP contribution in [0.4, 0.5) is 10.1 Å². The number of aromatic nitrogens is 2. The Morgan fingerprint density at radius 1 is 1.18 bits per heavy atom. The lowest BCUT2D eigenvalue weighted by Gasteiger charge is -2.13. The average molecular weight is 487 g/mol. The van der Waals surface area contributed by atoms with Crippen molar-refractivity contribution in [2.45, 2.75) is 6.04 Å². The van der Waals surface area contributed by atoms with E-state index in [2.05, 4.69) is 15.6 Å². The second kappa shape index (κ2) is 9.00. The summed E-state index contributed by atoms with van der Waals surface area (Å²) in [6.45, 7) is 0. The summed E-state index contributed by atoms with van der Waals surface area (Å²) in [6.07, 6.45) is 1.32. The third-order valence-corrected chi connectivity index (χ3v) is 6.22. The Morgan fingerprint density at radius 3 is 2.52 bits per heavy atom. The molecule has 8 nitrogen and oxygen atoms in total. The van der Waals surface area contributed by atoms with Crippen LogP contribution in [0.2, 0.25) is 4.34 Å². The van der Waals surface area contributed by atoms with Gasteiger partial charge in [0.1, 0.15) is 12.1 Å². The number of fused-ring (bicyclic) bond motifs is 1. The maximum atomic E-state index is 14.1. The van der Waals surface area contributed by atoms with E-state index in [1.54, 1.807) is 13.1 Å². The molecule has 2 heterocycles. The maximum absolute atomic E-state index is 14.1. The number of hydrogen-bond acceptors (Lipinski definition) is 6. The zero-order valence-electron chi connectivity index (χ0n) is 17.0. The first-order valence-corrected chi connectivity index (χ1v) is 10.8. The molecule has 4 rings (SSSR count). The molecule has 0 spiro atoms. The summed E-state index contributed by atoms with van der Waals surface area (Å²) in [5.41, 5.74) is 0.695. The minimum Gasteiger partial charge on any atom is -0.479 e. The summed E-state index contributed by atoms with van der Waals surface area (Å²) < 4.78 is 15.8. The molecule has 1 amide bonds. The van der Waals surface area contributed by atoms with Crippen molar-refractivity contribution in [3.8, 4) is 5.69 Å². The molecule has 0 bridgehead atoms. The van der Waals surface area contributed by atoms with Gasteiger partial charge in [0.05, 0.1) is 26.6 Å². The van der Waals surface area contributed by atoms with Gasteiger partial charge in [-0.15, -0.1) is 11.3 Å². The fraction of sp³-hybridized carbons (Fsp3) is 0.0909. The fourth-order valence-electron chi connectivity index (χ4n) is 3.24. The van der Waals surface area contributed by atoms with Crippen LogP contribution in [0.15, 0.2) is 59.7 Å². The van der Waals surface area contributed by atoms with Crippen molar-refractivity contribution < 1.29 is 19.1 Å². The number of carboxylic acid groups (broad SMARTS) is 1. The number of thiophene rings is 1. The van der Waals surface area contributed by atoms with Crippen LogP contribution in [0.25, 0.3) is 16.6 Å². The van der Waals surface area contributed by atoms with Gasteiger partial charge in [-0.25, -0.2) is 14.2 Å². The monoisotopic (exact) mass is 486 g/mol. The van der Waals surface area contributed by atoms with Gasteiger partial charge >= 0.3 is 5.97 Å². The molecule has 4 aromatic rings. The summed E-state index contributed by atoms with van der Waals surface area (Å²) in [4.78, 5) is 41.7. The number of nitrogens with one attached hydrogen (secondary N) is 2. The van der Waals surface area contributed by atoms with Crippen molar-refractivity contribution in [2.24, 2.45) is 0 Å². The maximum Gasteiger partial charge on any atom is 0.331 e. The molecule has 33 heavy (non-hydrogen) atoms. The van der Waals surface area contributed by atoms with Gasteiger partial charge in [-0.1, -0.05) is 11.6 Å². The first-order chi connectivity index (χ1) is 15.8. The number of nitrogens with zero attached hydrogens (tertiary/aromatic N) is 2. The molecule has 0 aliphatic heterocycles. The Bertz CT molecular complexity index is 1430. The van der Waals surface area contributed by atoms with Crippen LogP contribution in [0.5, 0.6) is 0 Å². The highest BCUT2D eigenvalue weighted by molar-refractivity contribution is 7.16. The van der Waals surface area contributed by atoms with Gasteiger partial charge in [0.25, 0.3) is 11.5 Å². The predicted octanol–water partition coefficient (Wildman–Crippen LogP) is 3.84. The molecule has 0 aliphatic carbocycles. The summed E-state index contributed by atoms with van der Waals surface area (Å²) in [7, 11) is 1.57. The van der Waals surface area contributed by atoms with Crippen LogP contribution in [-0.4, -0.2) is 33.6 Å². The molecular weight excluding hydrogens is 471 g/mol. The van der Waals surface area contributed by atoms with Crippen LogP contribution < -0.4 is 16.2 Å². The van der Waals surface area contributed by atoms with Crippen molar-refractivity contribution in [3.63, 3.8) is 0 Å². The molecule has 2 aromatic carbocycles. The van der Waals surface area contributed by atoms with Crippen molar-refractivity contribution in [1.29, 1.82) is 0 Å². The Hall–Kier alpha value is -3.76. The number of benzene rings is 2. The molecule has 0 fully saturated rings. The zero-order valence-corrected chi connectivity index (χ0v) is 18.6. The largest absolute Gasteiger partial charge is 0.479 e. The van der Waals surface area contributed by atoms with E-state index in [0.717, 1.165) is 17.4 Å². The number of amides is 1. The lowest BCUT2D eigenvalue weighted by molar-refractivity contribution is -0.139. The van der Waals surface area contributed by atoms with E-state index < -0.39 is 29.3 Å². The highest BCUT2D eigenvalue weighted by Gasteiger charge is 2.24. The summed E-state index contributed by atoms with van der Waals surface area (Å²) >= 11 is 6.93. The van der Waals surface area contributed by atoms with E-state index in [-0.39, 0.29) is 16.6 Å². The Labute approximate surface area is 195 Å². The average Bonchev–Trinajstić information content (AvgIpc) is 3.23. The lowest BCUT2D eigenvalue weighted by atomic mass is 10.1. The zero-order chi connectivity index (χ0) is 23.7. The number of rotatable bonds is 6. The first-order valence-electron chi connectivity index (χ1n) is 9.56. The Kier molecular flexibility index (Phi) is 6.12. The molecule has 0 saturated heterocycles. The standard InChI is InChI=1S/C22H16ClFN4O4S/c1-25-16-9-15-13(8-14(16)24)21(30)28(10-26-15)12-4-2-11(3-5-12)20(29)27-19(22(31)32)17-6-7-18(23)33-17/h2-10,19,25H,1H3,(H,27,29)(H,31,32). The van der Waals surface area contributed by atoms with Gasteiger partial charge in [0.15, 0.2) is 6.04 Å². The van der Waals surface area contributed by atoms with E-state index in [4.69, 9.17) is 11.6 Å². The molecule has 0 radical (unpaired) electrons. The Morgan fingerprint density at radius 2 is 1.91 bits per heavy atom. The number of hydrogen-bond donors (Lipinski definition) is 3. The molecule has 168 valence electrons. The molecule has 0 saturated carbocycles. The van der Waals surface area contributed by atoms with E-state index in [1.165, 1.54) is 47.3 Å². The first kappa shape index (κ1) is 22.4. The molecule has 2 aromatic heterocycles. The number of carboxylic acids is 1. The van der Waals surface area contributed by atoms with Gasteiger partial charge in [-0.3, -0.25) is 14.2 Å². The lowest BCUT2D eigenvalue weighted by Crippen LogP contribution is -2.33. The van der Waals surface area contributed by atoms with Crippen molar-refractivity contribution >= 4 is 51.4 Å².